The quantitative estimate of drug-likeness (QED) is 0.621. The third kappa shape index (κ3) is 4.98. The molecule has 1 aromatic heterocycles. The lowest BCUT2D eigenvalue weighted by Crippen LogP contribution is -2.26. The molecule has 30 heavy (non-hydrogen) atoms. The molecule has 6 nitrogen and oxygen atoms in total. The van der Waals surface area contributed by atoms with E-state index in [1.807, 2.05) is 0 Å². The summed E-state index contributed by atoms with van der Waals surface area (Å²) >= 11 is 5.86. The van der Waals surface area contributed by atoms with Crippen LogP contribution in [0.1, 0.15) is 28.5 Å². The molecule has 10 heteroatoms. The summed E-state index contributed by atoms with van der Waals surface area (Å²) < 4.78 is 41.8. The van der Waals surface area contributed by atoms with E-state index in [1.165, 1.54) is 31.2 Å². The predicted molar refractivity (Wildman–Crippen MR) is 105 cm³/mol. The highest BCUT2D eigenvalue weighted by atomic mass is 35.5. The number of hydrogen-bond acceptors (Lipinski definition) is 3. The van der Waals surface area contributed by atoms with Crippen LogP contribution in [-0.4, -0.2) is 21.6 Å². The Bertz CT molecular complexity index is 1100. The first-order valence-corrected chi connectivity index (χ1v) is 9.09. The molecule has 0 aliphatic heterocycles. The molecule has 0 atom stereocenters. The Morgan fingerprint density at radius 1 is 1.13 bits per heavy atom. The van der Waals surface area contributed by atoms with E-state index in [0.29, 0.717) is 15.9 Å². The lowest BCUT2D eigenvalue weighted by molar-refractivity contribution is -0.143. The fourth-order valence-electron chi connectivity index (χ4n) is 2.83. The summed E-state index contributed by atoms with van der Waals surface area (Å²) in [5.41, 5.74) is -0.615. The lowest BCUT2D eigenvalue weighted by atomic mass is 10.1. The van der Waals surface area contributed by atoms with Crippen LogP contribution in [0.4, 0.5) is 18.9 Å². The molecule has 0 bridgehead atoms. The van der Waals surface area contributed by atoms with Gasteiger partial charge in [-0.2, -0.15) is 18.3 Å². The monoisotopic (exact) mass is 436 g/mol. The van der Waals surface area contributed by atoms with E-state index in [-0.39, 0.29) is 23.2 Å². The fourth-order valence-corrected chi connectivity index (χ4v) is 3.02. The number of nitrogens with zero attached hydrogens (tertiary/aromatic N) is 2. The van der Waals surface area contributed by atoms with Crippen LogP contribution < -0.4 is 10.6 Å². The van der Waals surface area contributed by atoms with Crippen LogP contribution in [0.15, 0.2) is 54.7 Å². The third-order valence-corrected chi connectivity index (χ3v) is 4.27. The topological polar surface area (TPSA) is 76.0 Å². The van der Waals surface area contributed by atoms with Gasteiger partial charge in [-0.15, -0.1) is 0 Å². The highest BCUT2D eigenvalue weighted by Crippen LogP contribution is 2.34. The largest absolute Gasteiger partial charge is 0.434 e. The van der Waals surface area contributed by atoms with Crippen LogP contribution in [0, 0.1) is 0 Å². The van der Waals surface area contributed by atoms with Crippen molar-refractivity contribution in [3.63, 3.8) is 0 Å². The minimum atomic E-state index is -4.82. The van der Waals surface area contributed by atoms with Gasteiger partial charge in [-0.3, -0.25) is 9.59 Å². The van der Waals surface area contributed by atoms with Crippen molar-refractivity contribution in [3.8, 4) is 5.69 Å². The van der Waals surface area contributed by atoms with Crippen molar-refractivity contribution in [1.82, 2.24) is 15.1 Å². The van der Waals surface area contributed by atoms with E-state index >= 15 is 0 Å². The van der Waals surface area contributed by atoms with E-state index < -0.39 is 23.3 Å². The van der Waals surface area contributed by atoms with Gasteiger partial charge in [-0.05, 0) is 35.9 Å². The molecular weight excluding hydrogens is 421 g/mol. The van der Waals surface area contributed by atoms with Crippen molar-refractivity contribution in [2.24, 2.45) is 0 Å². The number of benzene rings is 2. The van der Waals surface area contributed by atoms with E-state index in [1.54, 1.807) is 24.3 Å². The minimum absolute atomic E-state index is 0.0358. The third-order valence-electron chi connectivity index (χ3n) is 4.04. The first kappa shape index (κ1) is 21.4. The zero-order valence-electron chi connectivity index (χ0n) is 15.6. The highest BCUT2D eigenvalue weighted by molar-refractivity contribution is 6.30. The van der Waals surface area contributed by atoms with Gasteiger partial charge in [-0.25, -0.2) is 4.68 Å². The molecule has 0 aliphatic rings. The van der Waals surface area contributed by atoms with Crippen LogP contribution in [0.5, 0.6) is 0 Å². The summed E-state index contributed by atoms with van der Waals surface area (Å²) in [5, 5.41) is 9.03. The number of anilines is 1. The van der Waals surface area contributed by atoms with Crippen molar-refractivity contribution in [2.75, 3.05) is 5.32 Å². The first-order valence-electron chi connectivity index (χ1n) is 8.71. The van der Waals surface area contributed by atoms with E-state index in [4.69, 9.17) is 11.6 Å². The average Bonchev–Trinajstić information content (AvgIpc) is 3.12. The van der Waals surface area contributed by atoms with Gasteiger partial charge in [-0.1, -0.05) is 29.8 Å². The Kier molecular flexibility index (Phi) is 6.12. The SMILES string of the molecule is CC(=O)Nc1cccc(CNC(=O)c2cnn(-c3cccc(Cl)c3)c2C(F)(F)F)c1. The second-order valence-electron chi connectivity index (χ2n) is 6.36. The number of nitrogens with one attached hydrogen (secondary N) is 2. The number of alkyl halides is 3. The van der Waals surface area contributed by atoms with Crippen LogP contribution in [0.2, 0.25) is 5.02 Å². The summed E-state index contributed by atoms with van der Waals surface area (Å²) in [4.78, 5) is 23.6. The number of aromatic nitrogens is 2. The van der Waals surface area contributed by atoms with Gasteiger partial charge in [0.05, 0.1) is 17.4 Å². The number of halogens is 4. The zero-order chi connectivity index (χ0) is 21.9. The van der Waals surface area contributed by atoms with Crippen molar-refractivity contribution in [1.29, 1.82) is 0 Å². The molecule has 1 heterocycles. The van der Waals surface area contributed by atoms with Gasteiger partial charge in [0, 0.05) is 24.2 Å². The van der Waals surface area contributed by atoms with Gasteiger partial charge in [0.1, 0.15) is 0 Å². The Balaban J connectivity index is 1.85. The molecule has 2 amide bonds. The van der Waals surface area contributed by atoms with E-state index in [9.17, 15) is 22.8 Å². The normalized spacial score (nSPS) is 11.2. The van der Waals surface area contributed by atoms with Crippen molar-refractivity contribution in [3.05, 3.63) is 76.6 Å². The van der Waals surface area contributed by atoms with Gasteiger partial charge in [0.2, 0.25) is 5.91 Å². The molecule has 0 fully saturated rings. The predicted octanol–water partition coefficient (Wildman–Crippen LogP) is 4.43. The van der Waals surface area contributed by atoms with Crippen molar-refractivity contribution in [2.45, 2.75) is 19.6 Å². The standard InChI is InChI=1S/C20H16ClF3N4O2/c1-12(29)27-15-6-2-4-13(8-15)10-25-19(30)17-11-26-28(18(17)20(22,23)24)16-7-3-5-14(21)9-16/h2-9,11H,10H2,1H3,(H,25,30)(H,27,29). The van der Waals surface area contributed by atoms with E-state index in [0.717, 1.165) is 6.20 Å². The summed E-state index contributed by atoms with van der Waals surface area (Å²) in [6, 6.07) is 12.3. The molecule has 0 saturated carbocycles. The fraction of sp³-hybridized carbons (Fsp3) is 0.150. The average molecular weight is 437 g/mol. The Morgan fingerprint density at radius 3 is 2.53 bits per heavy atom. The van der Waals surface area contributed by atoms with Crippen molar-refractivity contribution < 1.29 is 22.8 Å². The maximum absolute atomic E-state index is 13.7. The first-order chi connectivity index (χ1) is 14.1. The molecule has 156 valence electrons. The molecule has 3 rings (SSSR count). The highest BCUT2D eigenvalue weighted by Gasteiger charge is 2.40. The van der Waals surface area contributed by atoms with Gasteiger partial charge < -0.3 is 10.6 Å². The number of amides is 2. The Morgan fingerprint density at radius 2 is 1.87 bits per heavy atom. The molecule has 3 aromatic rings. The summed E-state index contributed by atoms with van der Waals surface area (Å²) in [7, 11) is 0. The summed E-state index contributed by atoms with van der Waals surface area (Å²) in [5.74, 6) is -1.19. The zero-order valence-corrected chi connectivity index (χ0v) is 16.4. The molecule has 2 aromatic carbocycles. The van der Waals surface area contributed by atoms with Crippen LogP contribution in [-0.2, 0) is 17.5 Å². The Hall–Kier alpha value is -3.33. The molecule has 2 N–H and O–H groups in total. The van der Waals surface area contributed by atoms with Gasteiger partial charge in [0.25, 0.3) is 5.91 Å². The second-order valence-corrected chi connectivity index (χ2v) is 6.80. The van der Waals surface area contributed by atoms with Crippen LogP contribution in [0.25, 0.3) is 5.69 Å². The molecular formula is C20H16ClF3N4O2. The number of rotatable bonds is 5. The summed E-state index contributed by atoms with van der Waals surface area (Å²) in [6.07, 6.45) is -3.95. The van der Waals surface area contributed by atoms with Gasteiger partial charge >= 0.3 is 6.18 Å². The van der Waals surface area contributed by atoms with E-state index in [2.05, 4.69) is 15.7 Å². The smallest absolute Gasteiger partial charge is 0.348 e. The maximum Gasteiger partial charge on any atom is 0.434 e. The van der Waals surface area contributed by atoms with Crippen LogP contribution in [0.3, 0.4) is 0 Å². The molecule has 0 unspecified atom stereocenters. The number of hydrogen-bond donors (Lipinski definition) is 2. The second kappa shape index (κ2) is 8.58. The molecule has 0 aliphatic carbocycles. The molecule has 0 radical (unpaired) electrons. The number of carbonyl (C=O) groups excluding carboxylic acids is 2. The van der Waals surface area contributed by atoms with Gasteiger partial charge in [0.15, 0.2) is 5.69 Å². The molecule has 0 spiro atoms. The Labute approximate surface area is 174 Å². The lowest BCUT2D eigenvalue weighted by Gasteiger charge is -2.13. The molecule has 0 saturated heterocycles. The number of carbonyl (C=O) groups is 2. The maximum atomic E-state index is 13.7. The van der Waals surface area contributed by atoms with Crippen molar-refractivity contribution >= 4 is 29.1 Å². The summed E-state index contributed by atoms with van der Waals surface area (Å²) in [6.45, 7) is 1.32. The minimum Gasteiger partial charge on any atom is -0.348 e. The van der Waals surface area contributed by atoms with Crippen LogP contribution >= 0.6 is 11.6 Å².